The summed E-state index contributed by atoms with van der Waals surface area (Å²) in [6.07, 6.45) is 6.17. The summed E-state index contributed by atoms with van der Waals surface area (Å²) in [4.78, 5) is 14.9. The van der Waals surface area contributed by atoms with E-state index in [0.29, 0.717) is 19.1 Å². The Hall–Kier alpha value is -1.64. The number of rotatable bonds is 6. The topological polar surface area (TPSA) is 79.6 Å². The van der Waals surface area contributed by atoms with Gasteiger partial charge in [0.25, 0.3) is 5.69 Å². The van der Waals surface area contributed by atoms with E-state index in [1.807, 2.05) is 6.92 Å². The molecule has 0 bridgehead atoms. The molecule has 6 nitrogen and oxygen atoms in total. The van der Waals surface area contributed by atoms with Gasteiger partial charge in [0.1, 0.15) is 0 Å². The van der Waals surface area contributed by atoms with E-state index in [4.69, 9.17) is 0 Å². The van der Waals surface area contributed by atoms with E-state index in [9.17, 15) is 10.1 Å². The van der Waals surface area contributed by atoms with Crippen molar-refractivity contribution < 1.29 is 4.92 Å². The summed E-state index contributed by atoms with van der Waals surface area (Å²) in [6, 6.07) is 6.99. The fraction of sp³-hybridized carbons (Fsp3) is 0.500. The van der Waals surface area contributed by atoms with Gasteiger partial charge in [0.05, 0.1) is 11.5 Å². The first-order chi connectivity index (χ1) is 11.5. The van der Waals surface area contributed by atoms with Crippen molar-refractivity contribution in [2.24, 2.45) is 4.99 Å². The second kappa shape index (κ2) is 11.1. The van der Waals surface area contributed by atoms with E-state index in [1.165, 1.54) is 44.2 Å². The maximum absolute atomic E-state index is 10.7. The van der Waals surface area contributed by atoms with Crippen molar-refractivity contribution in [3.05, 3.63) is 52.1 Å². The molecule has 7 heteroatoms. The zero-order valence-electron chi connectivity index (χ0n) is 14.7. The molecule has 1 aliphatic carbocycles. The second-order valence-corrected chi connectivity index (χ2v) is 6.38. The molecule has 1 aromatic rings. The lowest BCUT2D eigenvalue weighted by Gasteiger charge is -2.25. The highest BCUT2D eigenvalue weighted by Gasteiger charge is 2.14. The lowest BCUT2D eigenvalue weighted by atomic mass is 9.96. The smallest absolute Gasteiger partial charge is 0.269 e. The largest absolute Gasteiger partial charge is 0.354 e. The van der Waals surface area contributed by atoms with Crippen molar-refractivity contribution in [1.82, 2.24) is 10.6 Å². The number of halogens is 1. The van der Waals surface area contributed by atoms with Gasteiger partial charge in [-0.2, -0.15) is 0 Å². The highest BCUT2D eigenvalue weighted by molar-refractivity contribution is 14.0. The Morgan fingerprint density at radius 1 is 1.28 bits per heavy atom. The van der Waals surface area contributed by atoms with Gasteiger partial charge in [0.2, 0.25) is 0 Å². The number of nitro benzene ring substituents is 1. The minimum absolute atomic E-state index is 0. The highest BCUT2D eigenvalue weighted by atomic mass is 127. The van der Waals surface area contributed by atoms with E-state index < -0.39 is 4.92 Å². The molecule has 2 N–H and O–H groups in total. The molecule has 0 spiro atoms. The van der Waals surface area contributed by atoms with Gasteiger partial charge in [-0.25, -0.2) is 4.99 Å². The Labute approximate surface area is 166 Å². The Morgan fingerprint density at radius 3 is 2.48 bits per heavy atom. The second-order valence-electron chi connectivity index (χ2n) is 6.38. The van der Waals surface area contributed by atoms with Crippen LogP contribution in [0.4, 0.5) is 5.69 Å². The van der Waals surface area contributed by atoms with Gasteiger partial charge >= 0.3 is 0 Å². The van der Waals surface area contributed by atoms with E-state index in [0.717, 1.165) is 17.1 Å². The third kappa shape index (κ3) is 7.85. The van der Waals surface area contributed by atoms with Crippen LogP contribution in [-0.4, -0.2) is 23.5 Å². The van der Waals surface area contributed by atoms with Crippen LogP contribution >= 0.6 is 24.0 Å². The molecule has 0 unspecified atom stereocenters. The van der Waals surface area contributed by atoms with Crippen molar-refractivity contribution in [3.63, 3.8) is 0 Å². The number of non-ortho nitro benzene ring substituents is 1. The van der Waals surface area contributed by atoms with E-state index >= 15 is 0 Å². The average molecular weight is 458 g/mol. The van der Waals surface area contributed by atoms with Crippen LogP contribution in [0.15, 0.2) is 41.4 Å². The number of nitro groups is 1. The highest BCUT2D eigenvalue weighted by Crippen LogP contribution is 2.17. The maximum Gasteiger partial charge on any atom is 0.269 e. The predicted molar refractivity (Wildman–Crippen MR) is 112 cm³/mol. The summed E-state index contributed by atoms with van der Waals surface area (Å²) >= 11 is 0. The fourth-order valence-electron chi connectivity index (χ4n) is 2.72. The number of nitrogens with zero attached hydrogens (tertiary/aromatic N) is 2. The molecule has 2 rings (SSSR count). The fourth-order valence-corrected chi connectivity index (χ4v) is 2.72. The lowest BCUT2D eigenvalue weighted by molar-refractivity contribution is -0.384. The summed E-state index contributed by atoms with van der Waals surface area (Å²) < 4.78 is 0. The standard InChI is InChI=1S/C18H26N4O2.HI/c1-14(2)12-19-18(21-16-6-4-3-5-7-16)20-13-15-8-10-17(11-9-15)22(23)24;/h8-11,16H,1,3-7,12-13H2,2H3,(H2,19,20,21);1H. The first-order valence-electron chi connectivity index (χ1n) is 8.47. The number of nitrogens with one attached hydrogen (secondary N) is 2. The molecule has 0 radical (unpaired) electrons. The molecular weight excluding hydrogens is 431 g/mol. The predicted octanol–water partition coefficient (Wildman–Crippen LogP) is 4.16. The SMILES string of the molecule is C=C(C)CNC(=NCc1ccc([N+](=O)[O-])cc1)NC1CCCCC1.I. The number of hydrogen-bond donors (Lipinski definition) is 2. The Balaban J connectivity index is 0.00000312. The minimum Gasteiger partial charge on any atom is -0.354 e. The molecule has 0 saturated heterocycles. The molecule has 1 aromatic carbocycles. The zero-order valence-corrected chi connectivity index (χ0v) is 17.0. The molecule has 25 heavy (non-hydrogen) atoms. The van der Waals surface area contributed by atoms with Crippen LogP contribution in [0.25, 0.3) is 0 Å². The molecule has 0 amide bonds. The van der Waals surface area contributed by atoms with Gasteiger partial charge < -0.3 is 10.6 Å². The van der Waals surface area contributed by atoms with Crippen LogP contribution in [0, 0.1) is 10.1 Å². The molecule has 1 saturated carbocycles. The lowest BCUT2D eigenvalue weighted by Crippen LogP contribution is -2.44. The molecular formula is C18H27IN4O2. The molecule has 0 aliphatic heterocycles. The monoisotopic (exact) mass is 458 g/mol. The van der Waals surface area contributed by atoms with Crippen molar-refractivity contribution in [1.29, 1.82) is 0 Å². The first kappa shape index (κ1) is 21.4. The van der Waals surface area contributed by atoms with Gasteiger partial charge in [-0.1, -0.05) is 43.5 Å². The van der Waals surface area contributed by atoms with E-state index in [1.54, 1.807) is 12.1 Å². The van der Waals surface area contributed by atoms with Gasteiger partial charge in [-0.05, 0) is 25.3 Å². The summed E-state index contributed by atoms with van der Waals surface area (Å²) in [7, 11) is 0. The maximum atomic E-state index is 10.7. The number of aliphatic imine (C=N–C) groups is 1. The van der Waals surface area contributed by atoms with Crippen LogP contribution in [-0.2, 0) is 6.54 Å². The minimum atomic E-state index is -0.391. The number of guanidine groups is 1. The third-order valence-electron chi connectivity index (χ3n) is 4.07. The van der Waals surface area contributed by atoms with E-state index in [2.05, 4.69) is 22.2 Å². The van der Waals surface area contributed by atoms with E-state index in [-0.39, 0.29) is 29.7 Å². The molecule has 1 fully saturated rings. The summed E-state index contributed by atoms with van der Waals surface area (Å²) in [5.41, 5.74) is 2.09. The molecule has 138 valence electrons. The van der Waals surface area contributed by atoms with Crippen molar-refractivity contribution in [3.8, 4) is 0 Å². The normalized spacial score (nSPS) is 15.2. The Morgan fingerprint density at radius 2 is 1.92 bits per heavy atom. The Kier molecular flexibility index (Phi) is 9.48. The van der Waals surface area contributed by atoms with Gasteiger partial charge in [-0.15, -0.1) is 24.0 Å². The molecule has 0 aromatic heterocycles. The quantitative estimate of drug-likeness (QED) is 0.168. The first-order valence-corrected chi connectivity index (χ1v) is 8.47. The van der Waals surface area contributed by atoms with Crippen LogP contribution < -0.4 is 10.6 Å². The third-order valence-corrected chi connectivity index (χ3v) is 4.07. The average Bonchev–Trinajstić information content (AvgIpc) is 2.58. The van der Waals surface area contributed by atoms with Crippen molar-refractivity contribution >= 4 is 35.6 Å². The summed E-state index contributed by atoms with van der Waals surface area (Å²) in [5, 5.41) is 17.5. The number of hydrogen-bond acceptors (Lipinski definition) is 3. The van der Waals surface area contributed by atoms with Crippen LogP contribution in [0.5, 0.6) is 0 Å². The summed E-state index contributed by atoms with van der Waals surface area (Å²) in [6.45, 7) is 7.04. The molecule has 0 atom stereocenters. The van der Waals surface area contributed by atoms with Gasteiger partial charge in [0.15, 0.2) is 5.96 Å². The molecule has 1 aliphatic rings. The van der Waals surface area contributed by atoms with Gasteiger partial charge in [0, 0.05) is 24.7 Å². The number of benzene rings is 1. The van der Waals surface area contributed by atoms with Gasteiger partial charge in [-0.3, -0.25) is 10.1 Å². The van der Waals surface area contributed by atoms with Crippen LogP contribution in [0.3, 0.4) is 0 Å². The van der Waals surface area contributed by atoms with Crippen molar-refractivity contribution in [2.45, 2.75) is 51.6 Å². The van der Waals surface area contributed by atoms with Crippen molar-refractivity contribution in [2.75, 3.05) is 6.54 Å². The van der Waals surface area contributed by atoms with Crippen LogP contribution in [0.1, 0.15) is 44.6 Å². The zero-order chi connectivity index (χ0) is 17.4. The Bertz CT molecular complexity index is 596. The summed E-state index contributed by atoms with van der Waals surface area (Å²) in [5.74, 6) is 0.781. The van der Waals surface area contributed by atoms with Crippen LogP contribution in [0.2, 0.25) is 0 Å². The molecule has 0 heterocycles.